The highest BCUT2D eigenvalue weighted by atomic mass is 16.5. The van der Waals surface area contributed by atoms with Gasteiger partial charge in [0.25, 0.3) is 0 Å². The molecule has 158 valence electrons. The molecule has 0 spiro atoms. The van der Waals surface area contributed by atoms with Crippen molar-refractivity contribution in [1.82, 2.24) is 0 Å². The first-order chi connectivity index (χ1) is 14.5. The molecule has 0 bridgehead atoms. The number of ether oxygens (including phenoxy) is 2. The standard InChI is InChI=1S/C24H27NO5/c1-5-28-23(26)20-16(4)14-18(25-17-11-9-15(3)10-12-17)21(24(27)29-6-2)22(20)19-8-7-13-30-19/h7-14,20,22,25H,5-6H2,1-4H3. The van der Waals surface area contributed by atoms with Crippen molar-refractivity contribution >= 4 is 17.6 Å². The van der Waals surface area contributed by atoms with Crippen LogP contribution in [0.4, 0.5) is 5.69 Å². The van der Waals surface area contributed by atoms with E-state index in [9.17, 15) is 9.59 Å². The van der Waals surface area contributed by atoms with Gasteiger partial charge in [-0.2, -0.15) is 0 Å². The number of anilines is 1. The maximum absolute atomic E-state index is 13.0. The summed E-state index contributed by atoms with van der Waals surface area (Å²) >= 11 is 0. The van der Waals surface area contributed by atoms with Gasteiger partial charge < -0.3 is 19.2 Å². The van der Waals surface area contributed by atoms with E-state index >= 15 is 0 Å². The summed E-state index contributed by atoms with van der Waals surface area (Å²) in [5.74, 6) is -1.72. The highest BCUT2D eigenvalue weighted by Gasteiger charge is 2.43. The van der Waals surface area contributed by atoms with E-state index in [1.807, 2.05) is 44.2 Å². The van der Waals surface area contributed by atoms with Crippen LogP contribution in [0.3, 0.4) is 0 Å². The number of carbonyl (C=O) groups excluding carboxylic acids is 2. The van der Waals surface area contributed by atoms with Gasteiger partial charge in [0.1, 0.15) is 5.76 Å². The molecule has 1 N–H and O–H groups in total. The van der Waals surface area contributed by atoms with Crippen LogP contribution in [0.1, 0.15) is 38.0 Å². The molecular weight excluding hydrogens is 382 g/mol. The van der Waals surface area contributed by atoms with Gasteiger partial charge in [-0.15, -0.1) is 0 Å². The summed E-state index contributed by atoms with van der Waals surface area (Å²) in [6.45, 7) is 7.84. The van der Waals surface area contributed by atoms with Gasteiger partial charge in [-0.25, -0.2) is 4.79 Å². The van der Waals surface area contributed by atoms with Crippen LogP contribution < -0.4 is 5.32 Å². The lowest BCUT2D eigenvalue weighted by Gasteiger charge is -2.31. The average molecular weight is 409 g/mol. The third kappa shape index (κ3) is 4.48. The van der Waals surface area contributed by atoms with E-state index < -0.39 is 23.8 Å². The van der Waals surface area contributed by atoms with E-state index in [0.717, 1.165) is 16.8 Å². The Labute approximate surface area is 176 Å². The third-order valence-electron chi connectivity index (χ3n) is 5.01. The lowest BCUT2D eigenvalue weighted by molar-refractivity contribution is -0.147. The molecule has 0 amide bonds. The van der Waals surface area contributed by atoms with Crippen molar-refractivity contribution in [3.05, 3.63) is 76.9 Å². The van der Waals surface area contributed by atoms with E-state index in [4.69, 9.17) is 13.9 Å². The number of carbonyl (C=O) groups is 2. The maximum atomic E-state index is 13.0. The molecule has 0 saturated carbocycles. The summed E-state index contributed by atoms with van der Waals surface area (Å²) in [4.78, 5) is 25.9. The fourth-order valence-electron chi connectivity index (χ4n) is 3.66. The Kier molecular flexibility index (Phi) is 6.77. The first-order valence-corrected chi connectivity index (χ1v) is 10.1. The number of aryl methyl sites for hydroxylation is 1. The van der Waals surface area contributed by atoms with Crippen LogP contribution in [0.15, 0.2) is 70.0 Å². The van der Waals surface area contributed by atoms with Crippen molar-refractivity contribution in [1.29, 1.82) is 0 Å². The zero-order chi connectivity index (χ0) is 21.7. The molecule has 2 unspecified atom stereocenters. The van der Waals surface area contributed by atoms with E-state index in [1.165, 1.54) is 6.26 Å². The van der Waals surface area contributed by atoms with Crippen molar-refractivity contribution in [2.45, 2.75) is 33.6 Å². The molecule has 1 aliphatic rings. The summed E-state index contributed by atoms with van der Waals surface area (Å²) in [6, 6.07) is 11.3. The van der Waals surface area contributed by atoms with Gasteiger partial charge in [0.2, 0.25) is 0 Å². The van der Waals surface area contributed by atoms with E-state index in [-0.39, 0.29) is 13.2 Å². The minimum atomic E-state index is -0.681. The van der Waals surface area contributed by atoms with E-state index in [1.54, 1.807) is 26.0 Å². The van der Waals surface area contributed by atoms with Crippen LogP contribution in [0, 0.1) is 12.8 Å². The van der Waals surface area contributed by atoms with Gasteiger partial charge in [-0.1, -0.05) is 23.3 Å². The van der Waals surface area contributed by atoms with Gasteiger partial charge in [-0.05, 0) is 58.0 Å². The van der Waals surface area contributed by atoms with Gasteiger partial charge in [0.15, 0.2) is 0 Å². The highest BCUT2D eigenvalue weighted by molar-refractivity contribution is 5.95. The summed E-state index contributed by atoms with van der Waals surface area (Å²) in [7, 11) is 0. The van der Waals surface area contributed by atoms with Crippen LogP contribution in [0.25, 0.3) is 0 Å². The number of nitrogens with one attached hydrogen (secondary N) is 1. The van der Waals surface area contributed by atoms with E-state index in [0.29, 0.717) is 17.0 Å². The molecule has 30 heavy (non-hydrogen) atoms. The normalized spacial score (nSPS) is 18.6. The molecule has 0 saturated heterocycles. The second kappa shape index (κ2) is 9.48. The fourth-order valence-corrected chi connectivity index (χ4v) is 3.66. The Bertz CT molecular complexity index is 954. The minimum absolute atomic E-state index is 0.220. The first-order valence-electron chi connectivity index (χ1n) is 10.1. The van der Waals surface area contributed by atoms with Crippen molar-refractivity contribution < 1.29 is 23.5 Å². The second-order valence-electron chi connectivity index (χ2n) is 7.15. The molecule has 0 fully saturated rings. The Morgan fingerprint density at radius 3 is 2.33 bits per heavy atom. The molecule has 1 heterocycles. The summed E-state index contributed by atoms with van der Waals surface area (Å²) in [5.41, 5.74) is 3.66. The molecule has 6 heteroatoms. The SMILES string of the molecule is CCOC(=O)C1=C(Nc2ccc(C)cc2)C=C(C)C(C(=O)OCC)C1c1ccco1. The monoisotopic (exact) mass is 409 g/mol. The smallest absolute Gasteiger partial charge is 0.336 e. The molecule has 0 aliphatic heterocycles. The lowest BCUT2D eigenvalue weighted by atomic mass is 9.75. The van der Waals surface area contributed by atoms with Crippen molar-refractivity contribution in [2.75, 3.05) is 18.5 Å². The molecular formula is C24H27NO5. The largest absolute Gasteiger partial charge is 0.469 e. The lowest BCUT2D eigenvalue weighted by Crippen LogP contribution is -2.33. The van der Waals surface area contributed by atoms with Crippen molar-refractivity contribution in [2.24, 2.45) is 5.92 Å². The predicted molar refractivity (Wildman–Crippen MR) is 114 cm³/mol. The molecule has 2 atom stereocenters. The number of allylic oxidation sites excluding steroid dienone is 1. The second-order valence-corrected chi connectivity index (χ2v) is 7.15. The zero-order valence-corrected chi connectivity index (χ0v) is 17.7. The van der Waals surface area contributed by atoms with Crippen LogP contribution in [0.5, 0.6) is 0 Å². The Hall–Kier alpha value is -3.28. The molecule has 2 aromatic rings. The first kappa shape index (κ1) is 21.4. The number of hydrogen-bond donors (Lipinski definition) is 1. The predicted octanol–water partition coefficient (Wildman–Crippen LogP) is 4.74. The number of rotatable bonds is 7. The maximum Gasteiger partial charge on any atom is 0.336 e. The third-order valence-corrected chi connectivity index (χ3v) is 5.01. The highest BCUT2D eigenvalue weighted by Crippen LogP contribution is 2.43. The van der Waals surface area contributed by atoms with Crippen LogP contribution in [-0.2, 0) is 19.1 Å². The molecule has 1 aromatic carbocycles. The van der Waals surface area contributed by atoms with Crippen LogP contribution in [0.2, 0.25) is 0 Å². The fraction of sp³-hybridized carbons (Fsp3) is 0.333. The van der Waals surface area contributed by atoms with Gasteiger partial charge in [0, 0.05) is 11.4 Å². The van der Waals surface area contributed by atoms with Gasteiger partial charge in [-0.3, -0.25) is 4.79 Å². The molecule has 1 aromatic heterocycles. The van der Waals surface area contributed by atoms with Crippen LogP contribution >= 0.6 is 0 Å². The topological polar surface area (TPSA) is 77.8 Å². The quantitative estimate of drug-likeness (QED) is 0.666. The van der Waals surface area contributed by atoms with Crippen molar-refractivity contribution in [3.63, 3.8) is 0 Å². The van der Waals surface area contributed by atoms with E-state index in [2.05, 4.69) is 5.32 Å². The summed E-state index contributed by atoms with van der Waals surface area (Å²) < 4.78 is 16.3. The number of hydrogen-bond acceptors (Lipinski definition) is 6. The summed E-state index contributed by atoms with van der Waals surface area (Å²) in [5, 5.41) is 3.32. The number of esters is 2. The minimum Gasteiger partial charge on any atom is -0.469 e. The zero-order valence-electron chi connectivity index (χ0n) is 17.7. The Morgan fingerprint density at radius 1 is 1.03 bits per heavy atom. The molecule has 0 radical (unpaired) electrons. The Morgan fingerprint density at radius 2 is 1.73 bits per heavy atom. The molecule has 1 aliphatic carbocycles. The van der Waals surface area contributed by atoms with Gasteiger partial charge >= 0.3 is 11.9 Å². The number of furan rings is 1. The van der Waals surface area contributed by atoms with Crippen LogP contribution in [-0.4, -0.2) is 25.2 Å². The summed E-state index contributed by atoms with van der Waals surface area (Å²) in [6.07, 6.45) is 3.34. The molecule has 6 nitrogen and oxygen atoms in total. The molecule has 3 rings (SSSR count). The Balaban J connectivity index is 2.14. The average Bonchev–Trinajstić information content (AvgIpc) is 3.24. The van der Waals surface area contributed by atoms with Crippen molar-refractivity contribution in [3.8, 4) is 0 Å². The number of benzene rings is 1. The van der Waals surface area contributed by atoms with Gasteiger partial charge in [0.05, 0.1) is 36.9 Å².